The summed E-state index contributed by atoms with van der Waals surface area (Å²) in [7, 11) is -3.62. The highest BCUT2D eigenvalue weighted by Gasteiger charge is 2.16. The smallest absolute Gasteiger partial charge is 0.229 e. The number of sulfonamides is 1. The molecule has 9 nitrogen and oxygen atoms in total. The van der Waals surface area contributed by atoms with Crippen LogP contribution >= 0.6 is 0 Å². The number of aromatic nitrogens is 3. The number of benzene rings is 1. The van der Waals surface area contributed by atoms with Gasteiger partial charge in [0.15, 0.2) is 5.82 Å². The van der Waals surface area contributed by atoms with Gasteiger partial charge in [0.05, 0.1) is 43.6 Å². The van der Waals surface area contributed by atoms with E-state index in [1.54, 1.807) is 29.0 Å². The first-order valence-electron chi connectivity index (χ1n) is 11.6. The SMILES string of the molecule is CS(=O)(=O)Nc1cc(-c2ncc(F)cc2F)cc(-c2cnn3cc(OCCN4CCOCC4)ccc23)c1. The van der Waals surface area contributed by atoms with Gasteiger partial charge in [-0.3, -0.25) is 14.6 Å². The Bertz CT molecular complexity index is 1540. The maximum absolute atomic E-state index is 14.5. The third-order valence-corrected chi connectivity index (χ3v) is 6.50. The second-order valence-electron chi connectivity index (χ2n) is 8.71. The zero-order valence-corrected chi connectivity index (χ0v) is 20.8. The highest BCUT2D eigenvalue weighted by molar-refractivity contribution is 7.92. The molecule has 1 N–H and O–H groups in total. The van der Waals surface area contributed by atoms with Crippen LogP contribution in [0, 0.1) is 11.6 Å². The summed E-state index contributed by atoms with van der Waals surface area (Å²) in [4.78, 5) is 6.15. The average Bonchev–Trinajstić information content (AvgIpc) is 3.27. The van der Waals surface area contributed by atoms with Gasteiger partial charge < -0.3 is 9.47 Å². The number of pyridine rings is 2. The van der Waals surface area contributed by atoms with Crippen LogP contribution in [0.3, 0.4) is 0 Å². The average molecular weight is 530 g/mol. The number of hydrogen-bond acceptors (Lipinski definition) is 7. The zero-order valence-electron chi connectivity index (χ0n) is 20.0. The Morgan fingerprint density at radius 2 is 1.86 bits per heavy atom. The summed E-state index contributed by atoms with van der Waals surface area (Å²) in [5.41, 5.74) is 2.38. The van der Waals surface area contributed by atoms with Crippen LogP contribution in [0.2, 0.25) is 0 Å². The third-order valence-electron chi connectivity index (χ3n) is 5.90. The molecule has 0 unspecified atom stereocenters. The van der Waals surface area contributed by atoms with E-state index in [1.165, 1.54) is 6.07 Å². The first kappa shape index (κ1) is 25.1. The molecule has 0 radical (unpaired) electrons. The number of ether oxygens (including phenoxy) is 2. The van der Waals surface area contributed by atoms with E-state index >= 15 is 0 Å². The maximum atomic E-state index is 14.5. The van der Waals surface area contributed by atoms with Crippen LogP contribution in [0.5, 0.6) is 5.75 Å². The highest BCUT2D eigenvalue weighted by atomic mass is 32.2. The first-order valence-corrected chi connectivity index (χ1v) is 13.5. The summed E-state index contributed by atoms with van der Waals surface area (Å²) < 4.78 is 67.1. The minimum absolute atomic E-state index is 0.104. The molecule has 1 aliphatic rings. The number of morpholine rings is 1. The molecule has 12 heteroatoms. The van der Waals surface area contributed by atoms with E-state index in [1.807, 2.05) is 12.1 Å². The molecule has 194 valence electrons. The summed E-state index contributed by atoms with van der Waals surface area (Å²) in [5.74, 6) is -1.01. The molecule has 1 saturated heterocycles. The highest BCUT2D eigenvalue weighted by Crippen LogP contribution is 2.33. The molecule has 3 aromatic heterocycles. The number of nitrogens with one attached hydrogen (secondary N) is 1. The topological polar surface area (TPSA) is 98.1 Å². The van der Waals surface area contributed by atoms with Gasteiger partial charge in [-0.05, 0) is 35.9 Å². The molecule has 0 atom stereocenters. The van der Waals surface area contributed by atoms with Crippen LogP contribution in [0.15, 0.2) is 55.0 Å². The van der Waals surface area contributed by atoms with Gasteiger partial charge >= 0.3 is 0 Å². The number of fused-ring (bicyclic) bond motifs is 1. The molecule has 0 saturated carbocycles. The lowest BCUT2D eigenvalue weighted by Gasteiger charge is -2.26. The van der Waals surface area contributed by atoms with Crippen molar-refractivity contribution in [2.45, 2.75) is 0 Å². The maximum Gasteiger partial charge on any atom is 0.229 e. The Hall–Kier alpha value is -3.61. The fraction of sp³-hybridized carbons (Fsp3) is 0.280. The lowest BCUT2D eigenvalue weighted by molar-refractivity contribution is 0.0322. The van der Waals surface area contributed by atoms with Gasteiger partial charge in [0.25, 0.3) is 0 Å². The number of anilines is 1. The van der Waals surface area contributed by atoms with Crippen LogP contribution in [-0.4, -0.2) is 73.6 Å². The fourth-order valence-electron chi connectivity index (χ4n) is 4.21. The molecule has 5 rings (SSSR count). The van der Waals surface area contributed by atoms with Crippen molar-refractivity contribution in [2.24, 2.45) is 0 Å². The number of rotatable bonds is 8. The second-order valence-corrected chi connectivity index (χ2v) is 10.5. The Kier molecular flexibility index (Phi) is 7.04. The Balaban J connectivity index is 1.45. The van der Waals surface area contributed by atoms with E-state index < -0.39 is 21.7 Å². The zero-order chi connectivity index (χ0) is 26.0. The minimum Gasteiger partial charge on any atom is -0.491 e. The van der Waals surface area contributed by atoms with Gasteiger partial charge in [-0.2, -0.15) is 5.10 Å². The number of nitrogens with zero attached hydrogens (tertiary/aromatic N) is 4. The van der Waals surface area contributed by atoms with E-state index in [4.69, 9.17) is 9.47 Å². The van der Waals surface area contributed by atoms with Crippen molar-refractivity contribution >= 4 is 21.2 Å². The van der Waals surface area contributed by atoms with Gasteiger partial charge in [-0.15, -0.1) is 0 Å². The predicted octanol–water partition coefficient (Wildman–Crippen LogP) is 3.42. The Labute approximate surface area is 212 Å². The molecule has 0 aliphatic carbocycles. The van der Waals surface area contributed by atoms with Crippen molar-refractivity contribution in [2.75, 3.05) is 50.4 Å². The van der Waals surface area contributed by atoms with Crippen molar-refractivity contribution in [3.8, 4) is 28.1 Å². The molecule has 1 aliphatic heterocycles. The number of hydrogen-bond donors (Lipinski definition) is 1. The van der Waals surface area contributed by atoms with Gasteiger partial charge in [-0.25, -0.2) is 21.7 Å². The summed E-state index contributed by atoms with van der Waals surface area (Å²) in [6.45, 7) is 4.55. The monoisotopic (exact) mass is 529 g/mol. The minimum atomic E-state index is -3.62. The van der Waals surface area contributed by atoms with E-state index in [0.717, 1.165) is 56.9 Å². The van der Waals surface area contributed by atoms with Crippen LogP contribution in [0.25, 0.3) is 27.9 Å². The lowest BCUT2D eigenvalue weighted by Crippen LogP contribution is -2.38. The van der Waals surface area contributed by atoms with Crippen molar-refractivity contribution in [3.63, 3.8) is 0 Å². The molecule has 1 fully saturated rings. The summed E-state index contributed by atoms with van der Waals surface area (Å²) in [6, 6.07) is 9.13. The van der Waals surface area contributed by atoms with Gasteiger partial charge in [-0.1, -0.05) is 0 Å². The second kappa shape index (κ2) is 10.4. The molecule has 37 heavy (non-hydrogen) atoms. The molecule has 0 amide bonds. The van der Waals surface area contributed by atoms with Crippen molar-refractivity contribution in [1.82, 2.24) is 19.5 Å². The van der Waals surface area contributed by atoms with E-state index in [2.05, 4.69) is 19.7 Å². The molecule has 0 bridgehead atoms. The summed E-state index contributed by atoms with van der Waals surface area (Å²) >= 11 is 0. The quantitative estimate of drug-likeness (QED) is 0.374. The molecule has 4 aromatic rings. The summed E-state index contributed by atoms with van der Waals surface area (Å²) in [6.07, 6.45) is 5.32. The van der Waals surface area contributed by atoms with Crippen molar-refractivity contribution in [3.05, 3.63) is 66.6 Å². The van der Waals surface area contributed by atoms with Gasteiger partial charge in [0, 0.05) is 42.5 Å². The molecule has 4 heterocycles. The van der Waals surface area contributed by atoms with Crippen LogP contribution in [0.4, 0.5) is 14.5 Å². The van der Waals surface area contributed by atoms with E-state index in [9.17, 15) is 17.2 Å². The molecular weight excluding hydrogens is 504 g/mol. The largest absolute Gasteiger partial charge is 0.491 e. The lowest BCUT2D eigenvalue weighted by atomic mass is 10.0. The number of halogens is 2. The normalized spacial score (nSPS) is 14.7. The van der Waals surface area contributed by atoms with E-state index in [-0.39, 0.29) is 16.9 Å². The predicted molar refractivity (Wildman–Crippen MR) is 135 cm³/mol. The van der Waals surface area contributed by atoms with E-state index in [0.29, 0.717) is 23.5 Å². The van der Waals surface area contributed by atoms with Crippen LogP contribution < -0.4 is 9.46 Å². The Morgan fingerprint density at radius 1 is 1.08 bits per heavy atom. The van der Waals surface area contributed by atoms with Crippen molar-refractivity contribution in [1.29, 1.82) is 0 Å². The van der Waals surface area contributed by atoms with Gasteiger partial charge in [0.1, 0.15) is 23.9 Å². The molecule has 0 spiro atoms. The molecule has 1 aromatic carbocycles. The summed E-state index contributed by atoms with van der Waals surface area (Å²) in [5, 5.41) is 4.42. The van der Waals surface area contributed by atoms with Gasteiger partial charge in [0.2, 0.25) is 10.0 Å². The first-order chi connectivity index (χ1) is 17.7. The fourth-order valence-corrected chi connectivity index (χ4v) is 4.76. The third kappa shape index (κ3) is 6.04. The Morgan fingerprint density at radius 3 is 2.62 bits per heavy atom. The van der Waals surface area contributed by atoms with Crippen LogP contribution in [0.1, 0.15) is 0 Å². The standard InChI is InChI=1S/C25H25F2N5O4S/c1-37(33,34)30-20-11-17(10-18(12-20)25-23(27)13-19(26)14-28-25)22-15-29-32-16-21(2-3-24(22)32)36-9-6-31-4-7-35-8-5-31/h2-3,10-16,30H,4-9H2,1H3. The van der Waals surface area contributed by atoms with Crippen LogP contribution in [-0.2, 0) is 14.8 Å². The van der Waals surface area contributed by atoms with Crippen molar-refractivity contribution < 1.29 is 26.7 Å². The molecular formula is C25H25F2N5O4S.